The van der Waals surface area contributed by atoms with E-state index in [-0.39, 0.29) is 6.10 Å². The molecule has 0 spiro atoms. The standard InChI is InChI=1S/C14H20O3/c1-10(2)11(3)17-9-13-7-12(8-15)5-6-14(13)16-4/h5-8,10-11H,9H2,1-4H3. The van der Waals surface area contributed by atoms with Crippen LogP contribution < -0.4 is 4.74 Å². The summed E-state index contributed by atoms with van der Waals surface area (Å²) in [5.74, 6) is 1.22. The molecule has 1 aromatic rings. The fraction of sp³-hybridized carbons (Fsp3) is 0.500. The Hall–Kier alpha value is -1.35. The van der Waals surface area contributed by atoms with Gasteiger partial charge in [-0.2, -0.15) is 0 Å². The summed E-state index contributed by atoms with van der Waals surface area (Å²) in [6.45, 7) is 6.73. The van der Waals surface area contributed by atoms with E-state index < -0.39 is 0 Å². The minimum Gasteiger partial charge on any atom is -0.496 e. The molecule has 0 heterocycles. The molecular formula is C14H20O3. The Morgan fingerprint density at radius 2 is 2.00 bits per heavy atom. The first-order valence-electron chi connectivity index (χ1n) is 5.82. The second-order valence-electron chi connectivity index (χ2n) is 4.45. The fourth-order valence-electron chi connectivity index (χ4n) is 1.40. The van der Waals surface area contributed by atoms with Gasteiger partial charge in [-0.1, -0.05) is 13.8 Å². The predicted octanol–water partition coefficient (Wildman–Crippen LogP) is 3.07. The molecule has 0 saturated carbocycles. The van der Waals surface area contributed by atoms with Gasteiger partial charge >= 0.3 is 0 Å². The van der Waals surface area contributed by atoms with Crippen molar-refractivity contribution in [2.24, 2.45) is 5.92 Å². The maximum atomic E-state index is 10.7. The van der Waals surface area contributed by atoms with Crippen molar-refractivity contribution in [1.82, 2.24) is 0 Å². The van der Waals surface area contributed by atoms with E-state index in [9.17, 15) is 4.79 Å². The highest BCUT2D eigenvalue weighted by Crippen LogP contribution is 2.21. The number of benzene rings is 1. The van der Waals surface area contributed by atoms with E-state index >= 15 is 0 Å². The summed E-state index contributed by atoms with van der Waals surface area (Å²) >= 11 is 0. The van der Waals surface area contributed by atoms with Crippen LogP contribution in [-0.4, -0.2) is 19.5 Å². The average Bonchev–Trinajstić information content (AvgIpc) is 2.35. The van der Waals surface area contributed by atoms with Crippen LogP contribution in [0, 0.1) is 5.92 Å². The fourth-order valence-corrected chi connectivity index (χ4v) is 1.40. The van der Waals surface area contributed by atoms with Crippen molar-refractivity contribution in [2.45, 2.75) is 33.5 Å². The lowest BCUT2D eigenvalue weighted by atomic mass is 10.1. The highest BCUT2D eigenvalue weighted by atomic mass is 16.5. The maximum absolute atomic E-state index is 10.7. The van der Waals surface area contributed by atoms with E-state index in [2.05, 4.69) is 13.8 Å². The molecule has 0 fully saturated rings. The zero-order chi connectivity index (χ0) is 12.8. The van der Waals surface area contributed by atoms with Crippen LogP contribution in [0.4, 0.5) is 0 Å². The van der Waals surface area contributed by atoms with E-state index in [0.717, 1.165) is 17.6 Å². The summed E-state index contributed by atoms with van der Waals surface area (Å²) in [5, 5.41) is 0. The molecule has 0 aliphatic rings. The number of carbonyl (C=O) groups excluding carboxylic acids is 1. The van der Waals surface area contributed by atoms with Crippen molar-refractivity contribution in [3.8, 4) is 5.75 Å². The quantitative estimate of drug-likeness (QED) is 0.712. The molecule has 0 bridgehead atoms. The summed E-state index contributed by atoms with van der Waals surface area (Å²) in [6.07, 6.45) is 1.01. The third-order valence-electron chi connectivity index (χ3n) is 2.88. The molecule has 1 rings (SSSR count). The molecule has 3 heteroatoms. The predicted molar refractivity (Wildman–Crippen MR) is 67.5 cm³/mol. The summed E-state index contributed by atoms with van der Waals surface area (Å²) in [7, 11) is 1.62. The molecule has 94 valence electrons. The number of rotatable bonds is 6. The van der Waals surface area contributed by atoms with Crippen LogP contribution in [-0.2, 0) is 11.3 Å². The number of hydrogen-bond donors (Lipinski definition) is 0. The SMILES string of the molecule is COc1ccc(C=O)cc1COC(C)C(C)C. The topological polar surface area (TPSA) is 35.5 Å². The highest BCUT2D eigenvalue weighted by Gasteiger charge is 2.10. The van der Waals surface area contributed by atoms with Crippen LogP contribution in [0.3, 0.4) is 0 Å². The van der Waals surface area contributed by atoms with Gasteiger partial charge in [0.05, 0.1) is 19.8 Å². The number of ether oxygens (including phenoxy) is 2. The minimum absolute atomic E-state index is 0.180. The van der Waals surface area contributed by atoms with Gasteiger partial charge in [0, 0.05) is 11.1 Å². The van der Waals surface area contributed by atoms with Crippen molar-refractivity contribution in [3.05, 3.63) is 29.3 Å². The van der Waals surface area contributed by atoms with Crippen LogP contribution in [0.5, 0.6) is 5.75 Å². The Labute approximate surface area is 103 Å². The molecule has 0 aliphatic heterocycles. The Bertz CT molecular complexity index is 372. The lowest BCUT2D eigenvalue weighted by molar-refractivity contribution is 0.0226. The number of hydrogen-bond acceptors (Lipinski definition) is 3. The van der Waals surface area contributed by atoms with Crippen molar-refractivity contribution < 1.29 is 14.3 Å². The zero-order valence-corrected chi connectivity index (χ0v) is 10.9. The molecule has 0 N–H and O–H groups in total. The number of aldehydes is 1. The van der Waals surface area contributed by atoms with Gasteiger partial charge in [-0.3, -0.25) is 4.79 Å². The third kappa shape index (κ3) is 3.86. The van der Waals surface area contributed by atoms with Gasteiger partial charge in [0.2, 0.25) is 0 Å². The molecule has 1 unspecified atom stereocenters. The van der Waals surface area contributed by atoms with E-state index in [1.165, 1.54) is 0 Å². The van der Waals surface area contributed by atoms with Gasteiger partial charge < -0.3 is 9.47 Å². The monoisotopic (exact) mass is 236 g/mol. The number of carbonyl (C=O) groups is 1. The Kier molecular flexibility index (Phi) is 5.16. The molecule has 1 aromatic carbocycles. The molecule has 3 nitrogen and oxygen atoms in total. The lowest BCUT2D eigenvalue weighted by Gasteiger charge is -2.17. The Balaban J connectivity index is 2.77. The van der Waals surface area contributed by atoms with Crippen LogP contribution in [0.25, 0.3) is 0 Å². The molecule has 0 aliphatic carbocycles. The first kappa shape index (κ1) is 13.7. The Morgan fingerprint density at radius 3 is 2.53 bits per heavy atom. The van der Waals surface area contributed by atoms with Crippen molar-refractivity contribution >= 4 is 6.29 Å². The van der Waals surface area contributed by atoms with Gasteiger partial charge in [-0.15, -0.1) is 0 Å². The van der Waals surface area contributed by atoms with Crippen LogP contribution >= 0.6 is 0 Å². The van der Waals surface area contributed by atoms with E-state index in [4.69, 9.17) is 9.47 Å². The first-order valence-corrected chi connectivity index (χ1v) is 5.82. The molecule has 0 aromatic heterocycles. The largest absolute Gasteiger partial charge is 0.496 e. The smallest absolute Gasteiger partial charge is 0.150 e. The van der Waals surface area contributed by atoms with Crippen molar-refractivity contribution in [3.63, 3.8) is 0 Å². The molecule has 1 atom stereocenters. The average molecular weight is 236 g/mol. The normalized spacial score (nSPS) is 12.5. The molecule has 0 radical (unpaired) electrons. The molecular weight excluding hydrogens is 216 g/mol. The maximum Gasteiger partial charge on any atom is 0.150 e. The summed E-state index contributed by atoms with van der Waals surface area (Å²) < 4.78 is 11.0. The van der Waals surface area contributed by atoms with Gasteiger partial charge in [0.1, 0.15) is 12.0 Å². The summed E-state index contributed by atoms with van der Waals surface area (Å²) in [5.41, 5.74) is 1.55. The van der Waals surface area contributed by atoms with Crippen molar-refractivity contribution in [1.29, 1.82) is 0 Å². The third-order valence-corrected chi connectivity index (χ3v) is 2.88. The second-order valence-corrected chi connectivity index (χ2v) is 4.45. The summed E-state index contributed by atoms with van der Waals surface area (Å²) in [6, 6.07) is 5.34. The van der Waals surface area contributed by atoms with Crippen LogP contribution in [0.15, 0.2) is 18.2 Å². The van der Waals surface area contributed by atoms with Crippen LogP contribution in [0.1, 0.15) is 36.7 Å². The first-order chi connectivity index (χ1) is 8.08. The van der Waals surface area contributed by atoms with E-state index in [0.29, 0.717) is 18.1 Å². The second kappa shape index (κ2) is 6.40. The van der Waals surface area contributed by atoms with Gasteiger partial charge in [0.15, 0.2) is 0 Å². The lowest BCUT2D eigenvalue weighted by Crippen LogP contribution is -2.15. The minimum atomic E-state index is 0.180. The molecule has 0 saturated heterocycles. The zero-order valence-electron chi connectivity index (χ0n) is 10.9. The van der Waals surface area contributed by atoms with E-state index in [1.54, 1.807) is 25.3 Å². The van der Waals surface area contributed by atoms with Gasteiger partial charge in [-0.25, -0.2) is 0 Å². The van der Waals surface area contributed by atoms with Crippen molar-refractivity contribution in [2.75, 3.05) is 7.11 Å². The highest BCUT2D eigenvalue weighted by molar-refractivity contribution is 5.75. The van der Waals surface area contributed by atoms with Crippen LogP contribution in [0.2, 0.25) is 0 Å². The molecule has 0 amide bonds. The van der Waals surface area contributed by atoms with E-state index in [1.807, 2.05) is 6.92 Å². The molecule has 17 heavy (non-hydrogen) atoms. The Morgan fingerprint density at radius 1 is 1.29 bits per heavy atom. The van der Waals surface area contributed by atoms with Gasteiger partial charge in [-0.05, 0) is 31.0 Å². The summed E-state index contributed by atoms with van der Waals surface area (Å²) in [4.78, 5) is 10.7. The number of methoxy groups -OCH3 is 1. The van der Waals surface area contributed by atoms with Gasteiger partial charge in [0.25, 0.3) is 0 Å².